The lowest BCUT2D eigenvalue weighted by Crippen LogP contribution is -2.37. The molecule has 0 radical (unpaired) electrons. The summed E-state index contributed by atoms with van der Waals surface area (Å²) in [5.41, 5.74) is 2.55. The Balaban J connectivity index is 2.18. The Morgan fingerprint density at radius 2 is 1.77 bits per heavy atom. The van der Waals surface area contributed by atoms with Gasteiger partial charge in [0.1, 0.15) is 12.5 Å². The molecule has 1 unspecified atom stereocenters. The maximum atomic E-state index is 13.1. The number of ketones is 1. The second-order valence-corrected chi connectivity index (χ2v) is 7.43. The van der Waals surface area contributed by atoms with Crippen LogP contribution in [-0.2, 0) is 19.1 Å². The molecule has 2 aliphatic rings. The molecule has 2 atom stereocenters. The Bertz CT molecular complexity index is 919. The van der Waals surface area contributed by atoms with Crippen molar-refractivity contribution < 1.29 is 33.3 Å². The number of esters is 1. The summed E-state index contributed by atoms with van der Waals surface area (Å²) < 4.78 is 27.1. The summed E-state index contributed by atoms with van der Waals surface area (Å²) in [6.45, 7) is 2.20. The Morgan fingerprint density at radius 3 is 2.42 bits per heavy atom. The zero-order valence-electron chi connectivity index (χ0n) is 18.6. The molecule has 1 aliphatic carbocycles. The van der Waals surface area contributed by atoms with Crippen LogP contribution in [0.4, 0.5) is 0 Å². The van der Waals surface area contributed by atoms with Crippen molar-refractivity contribution in [1.82, 2.24) is 0 Å². The second kappa shape index (κ2) is 9.96. The van der Waals surface area contributed by atoms with Gasteiger partial charge in [-0.2, -0.15) is 0 Å². The second-order valence-electron chi connectivity index (χ2n) is 7.43. The number of hydrogen-bond donors (Lipinski definition) is 0. The molecule has 1 aromatic rings. The van der Waals surface area contributed by atoms with E-state index in [1.54, 1.807) is 13.0 Å². The maximum absolute atomic E-state index is 13.1. The number of rotatable bonds is 8. The van der Waals surface area contributed by atoms with Crippen molar-refractivity contribution in [2.24, 2.45) is 10.9 Å². The fourth-order valence-corrected chi connectivity index (χ4v) is 4.33. The van der Waals surface area contributed by atoms with E-state index in [9.17, 15) is 9.59 Å². The van der Waals surface area contributed by atoms with Gasteiger partial charge >= 0.3 is 5.97 Å². The van der Waals surface area contributed by atoms with Gasteiger partial charge in [0, 0.05) is 42.0 Å². The van der Waals surface area contributed by atoms with Crippen LogP contribution < -0.4 is 14.2 Å². The van der Waals surface area contributed by atoms with E-state index < -0.39 is 17.8 Å². The third kappa shape index (κ3) is 4.30. The molecule has 0 amide bonds. The van der Waals surface area contributed by atoms with E-state index in [1.165, 1.54) is 28.4 Å². The molecule has 0 spiro atoms. The summed E-state index contributed by atoms with van der Waals surface area (Å²) in [6.07, 6.45) is 1.86. The summed E-state index contributed by atoms with van der Waals surface area (Å²) in [5.74, 6) is -0.498. The Kier molecular flexibility index (Phi) is 7.33. The first-order valence-corrected chi connectivity index (χ1v) is 10.2. The van der Waals surface area contributed by atoms with Crippen molar-refractivity contribution in [3.8, 4) is 17.2 Å². The van der Waals surface area contributed by atoms with Crippen molar-refractivity contribution in [3.05, 3.63) is 29.0 Å². The third-order valence-electron chi connectivity index (χ3n) is 5.69. The minimum Gasteiger partial charge on any atom is -0.493 e. The molecule has 1 aromatic carbocycles. The summed E-state index contributed by atoms with van der Waals surface area (Å²) in [6, 6.07) is 3.56. The number of allylic oxidation sites excluding steroid dienone is 2. The lowest BCUT2D eigenvalue weighted by atomic mass is 9.71. The number of hydrogen-bond acceptors (Lipinski definition) is 8. The first-order valence-electron chi connectivity index (χ1n) is 10.2. The van der Waals surface area contributed by atoms with E-state index in [1.807, 2.05) is 6.07 Å². The zero-order chi connectivity index (χ0) is 22.5. The van der Waals surface area contributed by atoms with Crippen molar-refractivity contribution in [1.29, 1.82) is 0 Å². The quantitative estimate of drug-likeness (QED) is 0.461. The number of carbonyl (C=O) groups excluding carboxylic acids is 2. The van der Waals surface area contributed by atoms with E-state index in [2.05, 4.69) is 4.99 Å². The molecule has 0 saturated carbocycles. The first kappa shape index (κ1) is 22.8. The Morgan fingerprint density at radius 1 is 1.03 bits per heavy atom. The molecule has 0 saturated heterocycles. The van der Waals surface area contributed by atoms with E-state index in [4.69, 9.17) is 23.7 Å². The topological polar surface area (TPSA) is 92.7 Å². The average Bonchev–Trinajstić information content (AvgIpc) is 2.77. The lowest BCUT2D eigenvalue weighted by Gasteiger charge is -2.35. The van der Waals surface area contributed by atoms with Crippen molar-refractivity contribution in [2.75, 3.05) is 41.7 Å². The highest BCUT2D eigenvalue weighted by atomic mass is 16.6. The molecule has 0 fully saturated rings. The van der Waals surface area contributed by atoms with Gasteiger partial charge in [0.25, 0.3) is 0 Å². The van der Waals surface area contributed by atoms with Crippen molar-refractivity contribution in [3.63, 3.8) is 0 Å². The molecule has 0 bridgehead atoms. The summed E-state index contributed by atoms with van der Waals surface area (Å²) in [5, 5.41) is 0. The molecule has 8 nitrogen and oxygen atoms in total. The predicted molar refractivity (Wildman–Crippen MR) is 114 cm³/mol. The van der Waals surface area contributed by atoms with Gasteiger partial charge in [-0.1, -0.05) is 6.07 Å². The molecule has 3 rings (SSSR count). The van der Waals surface area contributed by atoms with Crippen LogP contribution in [0, 0.1) is 5.92 Å². The van der Waals surface area contributed by atoms with Crippen LogP contribution in [0.25, 0.3) is 0 Å². The largest absolute Gasteiger partial charge is 0.493 e. The zero-order valence-corrected chi connectivity index (χ0v) is 18.6. The van der Waals surface area contributed by atoms with E-state index in [0.717, 1.165) is 12.1 Å². The number of benzene rings is 1. The SMILES string of the molecule is COCCOC(=O)C1C(C)=NC2=C(C(=O)CCC2)[C@H]1c1ccc(OC)c(OC)c1OC. The highest BCUT2D eigenvalue weighted by Gasteiger charge is 2.44. The Hall–Kier alpha value is -2.87. The predicted octanol–water partition coefficient (Wildman–Crippen LogP) is 3.08. The maximum Gasteiger partial charge on any atom is 0.315 e. The van der Waals surface area contributed by atoms with Gasteiger partial charge in [-0.3, -0.25) is 14.6 Å². The fraction of sp³-hybridized carbons (Fsp3) is 0.522. The molecule has 31 heavy (non-hydrogen) atoms. The van der Waals surface area contributed by atoms with Crippen LogP contribution in [0.15, 0.2) is 28.4 Å². The van der Waals surface area contributed by atoms with Gasteiger partial charge in [0.15, 0.2) is 17.3 Å². The highest BCUT2D eigenvalue weighted by Crippen LogP contribution is 2.50. The summed E-state index contributed by atoms with van der Waals surface area (Å²) in [7, 11) is 6.12. The molecule has 1 heterocycles. The van der Waals surface area contributed by atoms with Crippen LogP contribution in [0.5, 0.6) is 17.2 Å². The third-order valence-corrected chi connectivity index (χ3v) is 5.69. The monoisotopic (exact) mass is 431 g/mol. The smallest absolute Gasteiger partial charge is 0.315 e. The standard InChI is InChI=1S/C23H29NO7/c1-13-18(23(26)31-12-11-27-2)19(20-15(24-13)7-6-8-16(20)25)14-9-10-17(28-3)22(30-5)21(14)29-4/h9-10,18-19H,6-8,11-12H2,1-5H3/t18?,19-/m0/s1. The van der Waals surface area contributed by atoms with Crippen LogP contribution in [0.2, 0.25) is 0 Å². The van der Waals surface area contributed by atoms with Crippen molar-refractivity contribution >= 4 is 17.5 Å². The van der Waals surface area contributed by atoms with Gasteiger partial charge in [-0.05, 0) is 25.8 Å². The molecule has 1 aliphatic heterocycles. The number of methoxy groups -OCH3 is 4. The van der Waals surface area contributed by atoms with Crippen LogP contribution >= 0.6 is 0 Å². The molecule has 0 aromatic heterocycles. The van der Waals surface area contributed by atoms with Gasteiger partial charge in [0.2, 0.25) is 5.75 Å². The van der Waals surface area contributed by atoms with E-state index in [0.29, 0.717) is 46.9 Å². The number of nitrogens with zero attached hydrogens (tertiary/aromatic N) is 1. The minimum atomic E-state index is -0.760. The van der Waals surface area contributed by atoms with Gasteiger partial charge in [0.05, 0.1) is 27.9 Å². The number of aliphatic imine (C=N–C) groups is 1. The molecule has 0 N–H and O–H groups in total. The van der Waals surface area contributed by atoms with Crippen molar-refractivity contribution in [2.45, 2.75) is 32.1 Å². The molecule has 168 valence electrons. The van der Waals surface area contributed by atoms with E-state index in [-0.39, 0.29) is 19.0 Å². The van der Waals surface area contributed by atoms with Crippen LogP contribution in [-0.4, -0.2) is 59.1 Å². The minimum absolute atomic E-state index is 0.00553. The summed E-state index contributed by atoms with van der Waals surface area (Å²) >= 11 is 0. The van der Waals surface area contributed by atoms with Crippen LogP contribution in [0.3, 0.4) is 0 Å². The number of ether oxygens (including phenoxy) is 5. The number of carbonyl (C=O) groups is 2. The lowest BCUT2D eigenvalue weighted by molar-refractivity contribution is -0.147. The fourth-order valence-electron chi connectivity index (χ4n) is 4.33. The average molecular weight is 431 g/mol. The highest BCUT2D eigenvalue weighted by molar-refractivity contribution is 6.09. The number of Topliss-reactive ketones (excluding diaryl/α,β-unsaturated/α-hetero) is 1. The van der Waals surface area contributed by atoms with Gasteiger partial charge in [-0.25, -0.2) is 0 Å². The normalized spacial score (nSPS) is 20.7. The first-order chi connectivity index (χ1) is 15.0. The summed E-state index contributed by atoms with van der Waals surface area (Å²) in [4.78, 5) is 30.8. The van der Waals surface area contributed by atoms with E-state index >= 15 is 0 Å². The van der Waals surface area contributed by atoms with Gasteiger partial charge < -0.3 is 23.7 Å². The Labute approximate surface area is 182 Å². The van der Waals surface area contributed by atoms with Gasteiger partial charge in [-0.15, -0.1) is 0 Å². The molecule has 8 heteroatoms. The molecular weight excluding hydrogens is 402 g/mol. The van der Waals surface area contributed by atoms with Crippen LogP contribution in [0.1, 0.15) is 37.7 Å². The molecular formula is C23H29NO7.